The predicted molar refractivity (Wildman–Crippen MR) is 86.3 cm³/mol. The summed E-state index contributed by atoms with van der Waals surface area (Å²) >= 11 is 1.53. The van der Waals surface area contributed by atoms with Crippen molar-refractivity contribution in [1.29, 1.82) is 0 Å². The lowest BCUT2D eigenvalue weighted by atomic mass is 10.2. The zero-order valence-electron chi connectivity index (χ0n) is 13.2. The summed E-state index contributed by atoms with van der Waals surface area (Å²) in [6.45, 7) is 4.62. The molecule has 0 fully saturated rings. The molecule has 2 aromatic heterocycles. The molecule has 1 aromatic carbocycles. The molecular weight excluding hydrogens is 314 g/mol. The van der Waals surface area contributed by atoms with Gasteiger partial charge in [-0.25, -0.2) is 0 Å². The highest BCUT2D eigenvalue weighted by Crippen LogP contribution is 2.27. The number of benzene rings is 1. The molecule has 0 spiro atoms. The Hall–Kier alpha value is -2.35. The number of methoxy groups -OCH3 is 1. The van der Waals surface area contributed by atoms with Crippen molar-refractivity contribution in [2.24, 2.45) is 0 Å². The summed E-state index contributed by atoms with van der Waals surface area (Å²) in [6, 6.07) is 7.78. The normalized spacial score (nSPS) is 10.9. The number of nitrogens with zero attached hydrogens (tertiary/aromatic N) is 5. The number of hydrogen-bond donors (Lipinski definition) is 0. The molecule has 0 bridgehead atoms. The lowest BCUT2D eigenvalue weighted by molar-refractivity contribution is 0.415. The highest BCUT2D eigenvalue weighted by molar-refractivity contribution is 7.98. The molecule has 3 rings (SSSR count). The quantitative estimate of drug-likeness (QED) is 0.642. The van der Waals surface area contributed by atoms with Gasteiger partial charge in [0.25, 0.3) is 0 Å². The van der Waals surface area contributed by atoms with Crippen LogP contribution in [0.15, 0.2) is 33.8 Å². The molecule has 3 aromatic rings. The van der Waals surface area contributed by atoms with Gasteiger partial charge >= 0.3 is 0 Å². The largest absolute Gasteiger partial charge is 0.497 e. The maximum Gasteiger partial charge on any atom is 0.226 e. The van der Waals surface area contributed by atoms with E-state index in [9.17, 15) is 0 Å². The summed E-state index contributed by atoms with van der Waals surface area (Å²) in [6.07, 6.45) is 0. The van der Waals surface area contributed by atoms with Crippen molar-refractivity contribution in [3.63, 3.8) is 0 Å². The third-order valence-corrected chi connectivity index (χ3v) is 4.23. The Labute approximate surface area is 138 Å². The first kappa shape index (κ1) is 15.5. The summed E-state index contributed by atoms with van der Waals surface area (Å²) in [7, 11) is 1.65. The molecule has 2 heterocycles. The van der Waals surface area contributed by atoms with Gasteiger partial charge in [-0.15, -0.1) is 20.4 Å². The number of ether oxygens (including phenoxy) is 1. The molecule has 0 aliphatic carbocycles. The van der Waals surface area contributed by atoms with E-state index in [1.54, 1.807) is 14.0 Å². The van der Waals surface area contributed by atoms with Crippen LogP contribution in [-0.4, -0.2) is 32.1 Å². The number of aryl methyl sites for hydroxylation is 1. The zero-order valence-corrected chi connectivity index (χ0v) is 14.0. The van der Waals surface area contributed by atoms with E-state index in [2.05, 4.69) is 31.9 Å². The van der Waals surface area contributed by atoms with Gasteiger partial charge in [0.05, 0.1) is 12.9 Å². The van der Waals surface area contributed by atoms with Crippen LogP contribution in [0.2, 0.25) is 0 Å². The number of hydrogen-bond acceptors (Lipinski definition) is 7. The number of aromatic nitrogens is 5. The van der Waals surface area contributed by atoms with Crippen LogP contribution < -0.4 is 4.74 Å². The summed E-state index contributed by atoms with van der Waals surface area (Å²) in [5, 5.41) is 17.2. The monoisotopic (exact) mass is 331 g/mol. The maximum atomic E-state index is 5.38. The Kier molecular flexibility index (Phi) is 4.61. The van der Waals surface area contributed by atoms with Gasteiger partial charge in [0.1, 0.15) is 5.75 Å². The van der Waals surface area contributed by atoms with E-state index in [-0.39, 0.29) is 0 Å². The molecular formula is C15H17N5O2S. The van der Waals surface area contributed by atoms with Gasteiger partial charge in [-0.1, -0.05) is 11.8 Å². The summed E-state index contributed by atoms with van der Waals surface area (Å²) in [5.41, 5.74) is 1.00. The van der Waals surface area contributed by atoms with Crippen molar-refractivity contribution in [2.45, 2.75) is 31.3 Å². The molecule has 0 unspecified atom stereocenters. The topological polar surface area (TPSA) is 78.9 Å². The van der Waals surface area contributed by atoms with Gasteiger partial charge in [-0.05, 0) is 31.2 Å². The Morgan fingerprint density at radius 3 is 2.52 bits per heavy atom. The van der Waals surface area contributed by atoms with Crippen molar-refractivity contribution in [3.8, 4) is 17.1 Å². The van der Waals surface area contributed by atoms with Crippen LogP contribution in [0.1, 0.15) is 18.7 Å². The third kappa shape index (κ3) is 3.37. The first-order valence-electron chi connectivity index (χ1n) is 7.20. The number of rotatable bonds is 6. The molecule has 8 heteroatoms. The Bertz CT molecular complexity index is 782. The second kappa shape index (κ2) is 6.82. The predicted octanol–water partition coefficient (Wildman–Crippen LogP) is 2.96. The molecule has 0 aliphatic rings. The molecule has 0 atom stereocenters. The van der Waals surface area contributed by atoms with Crippen LogP contribution in [0.5, 0.6) is 5.75 Å². The summed E-state index contributed by atoms with van der Waals surface area (Å²) < 4.78 is 12.6. The lowest BCUT2D eigenvalue weighted by Crippen LogP contribution is -2.00. The minimum Gasteiger partial charge on any atom is -0.497 e. The van der Waals surface area contributed by atoms with Gasteiger partial charge in [-0.2, -0.15) is 0 Å². The second-order valence-corrected chi connectivity index (χ2v) is 5.72. The van der Waals surface area contributed by atoms with Crippen molar-refractivity contribution >= 4 is 11.8 Å². The molecule has 0 saturated heterocycles. The smallest absolute Gasteiger partial charge is 0.226 e. The van der Waals surface area contributed by atoms with E-state index >= 15 is 0 Å². The summed E-state index contributed by atoms with van der Waals surface area (Å²) in [4.78, 5) is 0. The Balaban J connectivity index is 1.81. The summed E-state index contributed by atoms with van der Waals surface area (Å²) in [5.74, 6) is 3.37. The molecule has 0 aliphatic heterocycles. The van der Waals surface area contributed by atoms with Crippen LogP contribution in [0.4, 0.5) is 0 Å². The lowest BCUT2D eigenvalue weighted by Gasteiger charge is -2.07. The SMILES string of the molecule is CCn1c(SCc2nnc(C)o2)nnc1-c1ccc(OC)cc1. The van der Waals surface area contributed by atoms with Crippen molar-refractivity contribution in [2.75, 3.05) is 7.11 Å². The molecule has 0 radical (unpaired) electrons. The number of thioether (sulfide) groups is 1. The van der Waals surface area contributed by atoms with Gasteiger partial charge in [-0.3, -0.25) is 0 Å². The minimum atomic E-state index is 0.566. The van der Waals surface area contributed by atoms with Crippen LogP contribution in [-0.2, 0) is 12.3 Å². The Morgan fingerprint density at radius 1 is 1.13 bits per heavy atom. The highest BCUT2D eigenvalue weighted by atomic mass is 32.2. The van der Waals surface area contributed by atoms with E-state index in [1.165, 1.54) is 11.8 Å². The molecule has 0 saturated carbocycles. The van der Waals surface area contributed by atoms with Gasteiger partial charge in [0.15, 0.2) is 11.0 Å². The average Bonchev–Trinajstić information content (AvgIpc) is 3.18. The zero-order chi connectivity index (χ0) is 16.2. The van der Waals surface area contributed by atoms with Crippen LogP contribution in [0.25, 0.3) is 11.4 Å². The van der Waals surface area contributed by atoms with Crippen molar-refractivity contribution < 1.29 is 9.15 Å². The fraction of sp³-hybridized carbons (Fsp3) is 0.333. The highest BCUT2D eigenvalue weighted by Gasteiger charge is 2.14. The van der Waals surface area contributed by atoms with E-state index in [0.717, 1.165) is 28.8 Å². The first-order valence-corrected chi connectivity index (χ1v) is 8.19. The molecule has 23 heavy (non-hydrogen) atoms. The molecule has 0 amide bonds. The molecule has 7 nitrogen and oxygen atoms in total. The fourth-order valence-electron chi connectivity index (χ4n) is 2.16. The average molecular weight is 331 g/mol. The van der Waals surface area contributed by atoms with E-state index < -0.39 is 0 Å². The van der Waals surface area contributed by atoms with Crippen LogP contribution >= 0.6 is 11.8 Å². The van der Waals surface area contributed by atoms with E-state index in [4.69, 9.17) is 9.15 Å². The third-order valence-electron chi connectivity index (χ3n) is 3.27. The van der Waals surface area contributed by atoms with Crippen LogP contribution in [0.3, 0.4) is 0 Å². The van der Waals surface area contributed by atoms with E-state index in [1.807, 2.05) is 24.3 Å². The minimum absolute atomic E-state index is 0.566. The second-order valence-electron chi connectivity index (χ2n) is 4.78. The standard InChI is InChI=1S/C15H17N5O2S/c1-4-20-14(11-5-7-12(21-3)8-6-11)18-19-15(20)23-9-13-17-16-10(2)22-13/h5-8H,4,9H2,1-3H3. The van der Waals surface area contributed by atoms with Crippen LogP contribution in [0, 0.1) is 6.92 Å². The van der Waals surface area contributed by atoms with Gasteiger partial charge in [0, 0.05) is 19.0 Å². The van der Waals surface area contributed by atoms with Crippen molar-refractivity contribution in [1.82, 2.24) is 25.0 Å². The fourth-order valence-corrected chi connectivity index (χ4v) is 3.00. The first-order chi connectivity index (χ1) is 11.2. The van der Waals surface area contributed by atoms with E-state index in [0.29, 0.717) is 17.5 Å². The molecule has 120 valence electrons. The molecule has 0 N–H and O–H groups in total. The maximum absolute atomic E-state index is 5.38. The van der Waals surface area contributed by atoms with Gasteiger partial charge < -0.3 is 13.7 Å². The Morgan fingerprint density at radius 2 is 1.91 bits per heavy atom. The van der Waals surface area contributed by atoms with Crippen molar-refractivity contribution in [3.05, 3.63) is 36.0 Å². The van der Waals surface area contributed by atoms with Gasteiger partial charge in [0.2, 0.25) is 11.8 Å².